The van der Waals surface area contributed by atoms with Crippen molar-refractivity contribution in [3.63, 3.8) is 0 Å². The van der Waals surface area contributed by atoms with Crippen LogP contribution in [0.3, 0.4) is 0 Å². The van der Waals surface area contributed by atoms with Crippen molar-refractivity contribution in [1.82, 2.24) is 19.7 Å². The Balaban J connectivity index is 1.61. The summed E-state index contributed by atoms with van der Waals surface area (Å²) in [6, 6.07) is 8.18. The maximum atomic E-state index is 13.1. The number of aliphatic hydroxyl groups excluding tert-OH is 1. The minimum absolute atomic E-state index is 0.0399. The number of nitriles is 1. The average molecular weight is 442 g/mol. The van der Waals surface area contributed by atoms with E-state index in [9.17, 15) is 19.1 Å². The van der Waals surface area contributed by atoms with Crippen molar-refractivity contribution in [1.29, 1.82) is 5.26 Å². The Kier molecular flexibility index (Phi) is 5.73. The van der Waals surface area contributed by atoms with Crippen molar-refractivity contribution in [2.45, 2.75) is 25.4 Å². The van der Waals surface area contributed by atoms with Crippen LogP contribution in [0.1, 0.15) is 29.5 Å². The molecule has 0 aliphatic heterocycles. The Morgan fingerprint density at radius 3 is 2.78 bits per heavy atom. The number of alkyl halides is 2. The van der Waals surface area contributed by atoms with Gasteiger partial charge in [0.1, 0.15) is 11.5 Å². The van der Waals surface area contributed by atoms with E-state index in [4.69, 9.17) is 15.2 Å². The van der Waals surface area contributed by atoms with Gasteiger partial charge >= 0.3 is 0 Å². The lowest BCUT2D eigenvalue weighted by atomic mass is 10.2. The minimum Gasteiger partial charge on any atom is -0.477 e. The summed E-state index contributed by atoms with van der Waals surface area (Å²) in [4.78, 5) is 8.31. The van der Waals surface area contributed by atoms with Gasteiger partial charge in [0.05, 0.1) is 42.5 Å². The molecule has 4 rings (SSSR count). The molecule has 11 heteroatoms. The molecule has 0 bridgehead atoms. The second-order valence-corrected chi connectivity index (χ2v) is 7.43. The first-order valence-corrected chi connectivity index (χ1v) is 9.80. The van der Waals surface area contributed by atoms with Crippen LogP contribution in [0, 0.1) is 24.2 Å². The number of nitrogens with two attached hydrogens (primary N) is 1. The van der Waals surface area contributed by atoms with Gasteiger partial charge in [-0.1, -0.05) is 0 Å². The third-order valence-electron chi connectivity index (χ3n) is 4.94. The van der Waals surface area contributed by atoms with E-state index in [-0.39, 0.29) is 37.1 Å². The minimum atomic E-state index is -2.69. The lowest BCUT2D eigenvalue weighted by molar-refractivity contribution is 0.0849. The maximum Gasteiger partial charge on any atom is 0.255 e. The van der Waals surface area contributed by atoms with Crippen LogP contribution in [0.15, 0.2) is 36.7 Å². The highest BCUT2D eigenvalue weighted by Gasteiger charge is 2.57. The van der Waals surface area contributed by atoms with E-state index < -0.39 is 17.9 Å². The summed E-state index contributed by atoms with van der Waals surface area (Å²) in [5, 5.41) is 23.4. The Bertz CT molecular complexity index is 1180. The van der Waals surface area contributed by atoms with Crippen LogP contribution in [-0.4, -0.2) is 43.9 Å². The summed E-state index contributed by atoms with van der Waals surface area (Å²) in [6.07, 6.45) is 2.01. The molecule has 1 aliphatic carbocycles. The molecule has 1 saturated carbocycles. The molecule has 0 spiro atoms. The molecule has 1 aromatic carbocycles. The van der Waals surface area contributed by atoms with Crippen LogP contribution in [0.4, 0.5) is 8.78 Å². The molecule has 0 amide bonds. The number of rotatable bonds is 8. The number of ether oxygens (including phenoxy) is 2. The smallest absolute Gasteiger partial charge is 0.255 e. The van der Waals surface area contributed by atoms with Crippen molar-refractivity contribution in [3.8, 4) is 29.3 Å². The topological polar surface area (TPSA) is 132 Å². The maximum absolute atomic E-state index is 13.1. The summed E-state index contributed by atoms with van der Waals surface area (Å²) < 4.78 is 39.0. The third-order valence-corrected chi connectivity index (χ3v) is 4.94. The van der Waals surface area contributed by atoms with Gasteiger partial charge in [0, 0.05) is 30.8 Å². The molecule has 2 heterocycles. The molecule has 166 valence electrons. The Morgan fingerprint density at radius 1 is 1.34 bits per heavy atom. The van der Waals surface area contributed by atoms with Crippen molar-refractivity contribution in [2.75, 3.05) is 13.2 Å². The number of halogens is 2. The highest BCUT2D eigenvalue weighted by atomic mass is 19.3. The molecular weight excluding hydrogens is 422 g/mol. The molecular formula is C21H20F2N6O3. The first-order valence-electron chi connectivity index (χ1n) is 9.80. The van der Waals surface area contributed by atoms with E-state index in [1.54, 1.807) is 25.3 Å². The second kappa shape index (κ2) is 8.49. The van der Waals surface area contributed by atoms with Gasteiger partial charge in [0.15, 0.2) is 5.75 Å². The quantitative estimate of drug-likeness (QED) is 0.544. The van der Waals surface area contributed by atoms with Gasteiger partial charge in [0.25, 0.3) is 5.92 Å². The van der Waals surface area contributed by atoms with Crippen LogP contribution in [0.5, 0.6) is 17.5 Å². The lowest BCUT2D eigenvalue weighted by Gasteiger charge is -2.13. The monoisotopic (exact) mass is 442 g/mol. The summed E-state index contributed by atoms with van der Waals surface area (Å²) in [5.74, 6) is -2.70. The van der Waals surface area contributed by atoms with E-state index >= 15 is 0 Å². The summed E-state index contributed by atoms with van der Waals surface area (Å²) >= 11 is 0. The molecule has 1 aliphatic rings. The first-order chi connectivity index (χ1) is 15.3. The van der Waals surface area contributed by atoms with E-state index in [1.165, 1.54) is 23.0 Å². The zero-order valence-corrected chi connectivity index (χ0v) is 17.1. The van der Waals surface area contributed by atoms with Crippen LogP contribution in [0.2, 0.25) is 0 Å². The lowest BCUT2D eigenvalue weighted by Crippen LogP contribution is -2.10. The summed E-state index contributed by atoms with van der Waals surface area (Å²) in [7, 11) is 0. The van der Waals surface area contributed by atoms with Gasteiger partial charge in [-0.25, -0.2) is 13.5 Å². The van der Waals surface area contributed by atoms with Crippen LogP contribution >= 0.6 is 0 Å². The number of benzene rings is 1. The number of nitrogens with zero attached hydrogens (tertiary/aromatic N) is 5. The highest BCUT2D eigenvalue weighted by Crippen LogP contribution is 2.48. The number of hydrogen-bond acceptors (Lipinski definition) is 8. The van der Waals surface area contributed by atoms with Gasteiger partial charge in [-0.15, -0.1) is 0 Å². The third kappa shape index (κ3) is 4.66. The van der Waals surface area contributed by atoms with Crippen molar-refractivity contribution in [3.05, 3.63) is 53.6 Å². The molecule has 9 nitrogen and oxygen atoms in total. The fourth-order valence-corrected chi connectivity index (χ4v) is 3.02. The number of aromatic nitrogens is 4. The normalized spacial score (nSPS) is 17.4. The molecule has 0 radical (unpaired) electrons. The molecule has 1 unspecified atom stereocenters. The van der Waals surface area contributed by atoms with E-state index in [0.29, 0.717) is 22.6 Å². The van der Waals surface area contributed by atoms with Crippen molar-refractivity contribution >= 4 is 0 Å². The second-order valence-electron chi connectivity index (χ2n) is 7.43. The van der Waals surface area contributed by atoms with Gasteiger partial charge in [0.2, 0.25) is 11.8 Å². The standard InChI is InChI=1S/C21H20F2N6O3/c1-12-27-19(31-11-15-6-21(15,22)23)5-20(28-12)32-18-4-13(7-24)2-3-16(18)29-10-14(9-26-29)17(30)8-25/h2-5,9-10,15,17,30H,6,8,11,25H2,1H3/t15?,17-/m0/s1. The predicted molar refractivity (Wildman–Crippen MR) is 108 cm³/mol. The van der Waals surface area contributed by atoms with Crippen LogP contribution in [0.25, 0.3) is 5.69 Å². The molecule has 0 saturated heterocycles. The highest BCUT2D eigenvalue weighted by molar-refractivity contribution is 5.52. The van der Waals surface area contributed by atoms with Crippen LogP contribution < -0.4 is 15.2 Å². The summed E-state index contributed by atoms with van der Waals surface area (Å²) in [5.41, 5.74) is 6.84. The fraction of sp³-hybridized carbons (Fsp3) is 0.333. The van der Waals surface area contributed by atoms with Crippen LogP contribution in [-0.2, 0) is 0 Å². The Hall–Kier alpha value is -3.62. The molecule has 1 fully saturated rings. The molecule has 2 atom stereocenters. The first kappa shape index (κ1) is 21.6. The molecule has 32 heavy (non-hydrogen) atoms. The zero-order chi connectivity index (χ0) is 22.9. The molecule has 3 aromatic rings. The van der Waals surface area contributed by atoms with Gasteiger partial charge in [-0.05, 0) is 19.1 Å². The number of aryl methyl sites for hydroxylation is 1. The molecule has 3 N–H and O–H groups in total. The van der Waals surface area contributed by atoms with Gasteiger partial charge < -0.3 is 20.3 Å². The molecule has 2 aromatic heterocycles. The Morgan fingerprint density at radius 2 is 2.09 bits per heavy atom. The number of hydrogen-bond donors (Lipinski definition) is 2. The van der Waals surface area contributed by atoms with Gasteiger partial charge in [-0.2, -0.15) is 20.3 Å². The summed E-state index contributed by atoms with van der Waals surface area (Å²) in [6.45, 7) is 1.50. The van der Waals surface area contributed by atoms with E-state index in [0.717, 1.165) is 0 Å². The average Bonchev–Trinajstić information content (AvgIpc) is 3.13. The largest absolute Gasteiger partial charge is 0.477 e. The Labute approximate surface area is 182 Å². The zero-order valence-electron chi connectivity index (χ0n) is 17.1. The van der Waals surface area contributed by atoms with E-state index in [2.05, 4.69) is 15.1 Å². The van der Waals surface area contributed by atoms with Gasteiger partial charge in [-0.3, -0.25) is 0 Å². The number of aliphatic hydroxyl groups is 1. The van der Waals surface area contributed by atoms with Crippen molar-refractivity contribution in [2.24, 2.45) is 11.7 Å². The van der Waals surface area contributed by atoms with E-state index in [1.807, 2.05) is 6.07 Å². The predicted octanol–water partition coefficient (Wildman–Crippen LogP) is 2.66. The van der Waals surface area contributed by atoms with Crippen molar-refractivity contribution < 1.29 is 23.4 Å². The SMILES string of the molecule is Cc1nc(OCC2CC2(F)F)cc(Oc2cc(C#N)ccc2-n2cc([C@@H](O)CN)cn2)n1. The fourth-order valence-electron chi connectivity index (χ4n) is 3.02.